The molecule has 0 N–H and O–H groups in total. The first-order valence-electron chi connectivity index (χ1n) is 6.62. The van der Waals surface area contributed by atoms with Gasteiger partial charge in [-0.1, -0.05) is 22.8 Å². The van der Waals surface area contributed by atoms with Crippen LogP contribution in [-0.4, -0.2) is 21.8 Å². The largest absolute Gasteiger partial charge is 0.339 e. The van der Waals surface area contributed by atoms with Crippen LogP contribution in [0, 0.1) is 0 Å². The summed E-state index contributed by atoms with van der Waals surface area (Å²) in [6.45, 7) is 0.0809. The number of anilines is 1. The van der Waals surface area contributed by atoms with Gasteiger partial charge in [-0.05, 0) is 25.0 Å². The number of amides is 1. The summed E-state index contributed by atoms with van der Waals surface area (Å²) in [7, 11) is 0. The zero-order chi connectivity index (χ0) is 14.6. The Bertz CT molecular complexity index is 767. The number of ketones is 1. The minimum Gasteiger partial charge on any atom is -0.339 e. The average Bonchev–Trinajstić information content (AvgIpc) is 3.18. The van der Waals surface area contributed by atoms with Crippen LogP contribution in [0.2, 0.25) is 5.02 Å². The van der Waals surface area contributed by atoms with Crippen molar-refractivity contribution in [3.63, 3.8) is 0 Å². The number of hydrogen-bond donors (Lipinski definition) is 0. The number of aromatic nitrogens is 2. The number of rotatable bonds is 3. The zero-order valence-electron chi connectivity index (χ0n) is 10.9. The molecule has 106 valence electrons. The molecule has 1 fully saturated rings. The monoisotopic (exact) mass is 303 g/mol. The number of halogens is 1. The predicted molar refractivity (Wildman–Crippen MR) is 73.2 cm³/mol. The third-order valence-electron chi connectivity index (χ3n) is 3.65. The van der Waals surface area contributed by atoms with Crippen molar-refractivity contribution in [3.05, 3.63) is 40.5 Å². The molecule has 0 unspecified atom stereocenters. The van der Waals surface area contributed by atoms with Crippen molar-refractivity contribution in [2.45, 2.75) is 25.3 Å². The molecule has 21 heavy (non-hydrogen) atoms. The molecule has 0 bridgehead atoms. The maximum Gasteiger partial charge on any atom is 0.299 e. The normalized spacial score (nSPS) is 17.5. The van der Waals surface area contributed by atoms with E-state index >= 15 is 0 Å². The van der Waals surface area contributed by atoms with Gasteiger partial charge in [0.25, 0.3) is 11.7 Å². The van der Waals surface area contributed by atoms with E-state index in [1.54, 1.807) is 18.2 Å². The van der Waals surface area contributed by atoms with Gasteiger partial charge in [0, 0.05) is 5.92 Å². The summed E-state index contributed by atoms with van der Waals surface area (Å²) >= 11 is 6.12. The molecule has 1 aliphatic carbocycles. The first-order valence-corrected chi connectivity index (χ1v) is 7.00. The van der Waals surface area contributed by atoms with Crippen LogP contribution in [0.5, 0.6) is 0 Å². The van der Waals surface area contributed by atoms with Crippen LogP contribution in [0.4, 0.5) is 5.69 Å². The van der Waals surface area contributed by atoms with Crippen molar-refractivity contribution >= 4 is 29.0 Å². The number of para-hydroxylation sites is 1. The third-order valence-corrected chi connectivity index (χ3v) is 3.96. The topological polar surface area (TPSA) is 76.3 Å². The van der Waals surface area contributed by atoms with E-state index in [2.05, 4.69) is 10.1 Å². The fourth-order valence-electron chi connectivity index (χ4n) is 2.43. The highest BCUT2D eigenvalue weighted by atomic mass is 35.5. The van der Waals surface area contributed by atoms with E-state index in [1.165, 1.54) is 4.90 Å². The van der Waals surface area contributed by atoms with Crippen molar-refractivity contribution in [1.29, 1.82) is 0 Å². The van der Waals surface area contributed by atoms with Crippen LogP contribution < -0.4 is 4.90 Å². The molecule has 2 aliphatic rings. The molecule has 2 aromatic rings. The van der Waals surface area contributed by atoms with Crippen LogP contribution in [0.1, 0.15) is 40.8 Å². The molecule has 7 heteroatoms. The van der Waals surface area contributed by atoms with Crippen LogP contribution >= 0.6 is 11.6 Å². The van der Waals surface area contributed by atoms with E-state index in [1.807, 2.05) is 0 Å². The van der Waals surface area contributed by atoms with Gasteiger partial charge in [0.1, 0.15) is 0 Å². The van der Waals surface area contributed by atoms with Gasteiger partial charge in [0.2, 0.25) is 5.89 Å². The smallest absolute Gasteiger partial charge is 0.299 e. The van der Waals surface area contributed by atoms with Crippen molar-refractivity contribution in [3.8, 4) is 0 Å². The van der Waals surface area contributed by atoms with Gasteiger partial charge < -0.3 is 4.52 Å². The molecule has 4 rings (SSSR count). The summed E-state index contributed by atoms with van der Waals surface area (Å²) in [6.07, 6.45) is 2.11. The highest BCUT2D eigenvalue weighted by Gasteiger charge is 2.38. The maximum absolute atomic E-state index is 12.1. The van der Waals surface area contributed by atoms with E-state index in [9.17, 15) is 9.59 Å². The predicted octanol–water partition coefficient (Wildman–Crippen LogP) is 2.33. The molecule has 0 saturated heterocycles. The fraction of sp³-hybridized carbons (Fsp3) is 0.286. The minimum atomic E-state index is -0.615. The van der Waals surface area contributed by atoms with Crippen molar-refractivity contribution in [2.24, 2.45) is 0 Å². The number of benzene rings is 1. The second-order valence-electron chi connectivity index (χ2n) is 5.18. The molecule has 6 nitrogen and oxygen atoms in total. The Morgan fingerprint density at radius 3 is 2.90 bits per heavy atom. The number of carbonyl (C=O) groups is 2. The highest BCUT2D eigenvalue weighted by molar-refractivity contribution is 6.54. The summed E-state index contributed by atoms with van der Waals surface area (Å²) in [6, 6.07) is 4.88. The lowest BCUT2D eigenvalue weighted by atomic mass is 10.1. The first-order chi connectivity index (χ1) is 10.1. The molecule has 0 radical (unpaired) electrons. The number of fused-ring (bicyclic) bond motifs is 1. The van der Waals surface area contributed by atoms with Gasteiger partial charge in [-0.15, -0.1) is 0 Å². The lowest BCUT2D eigenvalue weighted by Gasteiger charge is -2.15. The molecular weight excluding hydrogens is 294 g/mol. The van der Waals surface area contributed by atoms with Crippen molar-refractivity contribution in [2.75, 3.05) is 4.90 Å². The lowest BCUT2D eigenvalue weighted by molar-refractivity contribution is -0.114. The SMILES string of the molecule is O=C1C(=O)N(Cc2noc(C3CC3)n2)c2c(Cl)cccc21. The highest BCUT2D eigenvalue weighted by Crippen LogP contribution is 2.39. The Morgan fingerprint density at radius 2 is 2.14 bits per heavy atom. The number of nitrogens with zero attached hydrogens (tertiary/aromatic N) is 3. The summed E-state index contributed by atoms with van der Waals surface area (Å²) < 4.78 is 5.16. The van der Waals surface area contributed by atoms with E-state index < -0.39 is 11.7 Å². The Kier molecular flexibility index (Phi) is 2.62. The van der Waals surface area contributed by atoms with Crippen LogP contribution in [0.25, 0.3) is 0 Å². The molecule has 1 saturated carbocycles. The second-order valence-corrected chi connectivity index (χ2v) is 5.59. The van der Waals surface area contributed by atoms with E-state index in [0.717, 1.165) is 12.8 Å². The second kappa shape index (κ2) is 4.39. The summed E-state index contributed by atoms with van der Waals surface area (Å²) in [5, 5.41) is 4.23. The van der Waals surface area contributed by atoms with Crippen LogP contribution in [0.15, 0.2) is 22.7 Å². The van der Waals surface area contributed by atoms with E-state index in [0.29, 0.717) is 33.9 Å². The molecule has 1 aromatic heterocycles. The minimum absolute atomic E-state index is 0.0809. The molecule has 1 aliphatic heterocycles. The van der Waals surface area contributed by atoms with Gasteiger partial charge in [-0.2, -0.15) is 4.98 Å². The number of Topliss-reactive ketones (excluding diaryl/α,β-unsaturated/α-hetero) is 1. The zero-order valence-corrected chi connectivity index (χ0v) is 11.6. The molecule has 1 amide bonds. The van der Waals surface area contributed by atoms with Gasteiger partial charge in [-0.3, -0.25) is 14.5 Å². The molecule has 1 aromatic carbocycles. The van der Waals surface area contributed by atoms with E-state index in [4.69, 9.17) is 16.1 Å². The fourth-order valence-corrected chi connectivity index (χ4v) is 2.71. The Morgan fingerprint density at radius 1 is 1.33 bits per heavy atom. The summed E-state index contributed by atoms with van der Waals surface area (Å²) in [4.78, 5) is 29.6. The average molecular weight is 304 g/mol. The van der Waals surface area contributed by atoms with Gasteiger partial charge in [0.05, 0.1) is 22.8 Å². The third kappa shape index (κ3) is 1.94. The quantitative estimate of drug-likeness (QED) is 0.813. The summed E-state index contributed by atoms with van der Waals surface area (Å²) in [5.41, 5.74) is 0.741. The van der Waals surface area contributed by atoms with Crippen LogP contribution in [-0.2, 0) is 11.3 Å². The van der Waals surface area contributed by atoms with Crippen LogP contribution in [0.3, 0.4) is 0 Å². The number of hydrogen-bond acceptors (Lipinski definition) is 5. The summed E-state index contributed by atoms with van der Waals surface area (Å²) in [5.74, 6) is 0.153. The molecular formula is C14H10ClN3O3. The lowest BCUT2D eigenvalue weighted by Crippen LogP contribution is -2.29. The van der Waals surface area contributed by atoms with Crippen molar-refractivity contribution in [1.82, 2.24) is 10.1 Å². The van der Waals surface area contributed by atoms with Gasteiger partial charge >= 0.3 is 0 Å². The maximum atomic E-state index is 12.1. The number of carbonyl (C=O) groups excluding carboxylic acids is 2. The first kappa shape index (κ1) is 12.5. The standard InChI is InChI=1S/C14H10ClN3O3/c15-9-3-1-2-8-11(9)18(14(20)12(8)19)6-10-16-13(21-17-10)7-4-5-7/h1-3,7H,4-6H2. The molecule has 0 spiro atoms. The van der Waals surface area contributed by atoms with E-state index in [-0.39, 0.29) is 6.54 Å². The molecule has 2 heterocycles. The molecule has 0 atom stereocenters. The van der Waals surface area contributed by atoms with Gasteiger partial charge in [-0.25, -0.2) is 0 Å². The Balaban J connectivity index is 1.68. The Labute approximate surface area is 124 Å². The van der Waals surface area contributed by atoms with Crippen molar-refractivity contribution < 1.29 is 14.1 Å². The Hall–Kier alpha value is -2.21. The van der Waals surface area contributed by atoms with Gasteiger partial charge in [0.15, 0.2) is 5.82 Å².